The van der Waals surface area contributed by atoms with Gasteiger partial charge in [0.1, 0.15) is 5.75 Å². The van der Waals surface area contributed by atoms with Gasteiger partial charge in [0.2, 0.25) is 0 Å². The van der Waals surface area contributed by atoms with Gasteiger partial charge in [0, 0.05) is 22.9 Å². The van der Waals surface area contributed by atoms with Gasteiger partial charge in [-0.05, 0) is 35.9 Å². The number of methoxy groups -OCH3 is 3. The number of allylic oxidation sites excluding steroid dienone is 1. The van der Waals surface area contributed by atoms with Crippen LogP contribution in [0.1, 0.15) is 25.7 Å². The van der Waals surface area contributed by atoms with Crippen LogP contribution >= 0.6 is 11.3 Å². The predicted octanol–water partition coefficient (Wildman–Crippen LogP) is 5.26. The minimum atomic E-state index is -0.0406. The molecule has 28 heavy (non-hydrogen) atoms. The van der Waals surface area contributed by atoms with Gasteiger partial charge in [0.15, 0.2) is 17.3 Å². The Bertz CT molecular complexity index is 974. The summed E-state index contributed by atoms with van der Waals surface area (Å²) >= 11 is 1.52. The highest BCUT2D eigenvalue weighted by Gasteiger charge is 2.11. The molecule has 0 aliphatic rings. The highest BCUT2D eigenvalue weighted by molar-refractivity contribution is 7.14. The van der Waals surface area contributed by atoms with E-state index in [-0.39, 0.29) is 5.78 Å². The van der Waals surface area contributed by atoms with Crippen molar-refractivity contribution in [2.45, 2.75) is 6.42 Å². The topological polar surface area (TPSA) is 44.8 Å². The Balaban J connectivity index is 1.77. The first-order valence-electron chi connectivity index (χ1n) is 8.79. The first-order valence-corrected chi connectivity index (χ1v) is 9.61. The van der Waals surface area contributed by atoms with E-state index in [4.69, 9.17) is 14.2 Å². The molecule has 1 aromatic heterocycles. The molecule has 0 N–H and O–H groups in total. The van der Waals surface area contributed by atoms with Gasteiger partial charge in [-0.15, -0.1) is 11.3 Å². The smallest absolute Gasteiger partial charge is 0.195 e. The van der Waals surface area contributed by atoms with Crippen LogP contribution in [0.25, 0.3) is 6.08 Å². The van der Waals surface area contributed by atoms with Crippen LogP contribution in [-0.2, 0) is 6.42 Å². The minimum absolute atomic E-state index is 0.0406. The maximum absolute atomic E-state index is 12.6. The van der Waals surface area contributed by atoms with Crippen molar-refractivity contribution in [2.75, 3.05) is 21.3 Å². The Kier molecular flexibility index (Phi) is 6.50. The number of hydrogen-bond acceptors (Lipinski definition) is 5. The molecule has 0 aliphatic heterocycles. The van der Waals surface area contributed by atoms with Crippen molar-refractivity contribution in [1.29, 1.82) is 0 Å². The molecule has 0 saturated carbocycles. The van der Waals surface area contributed by atoms with Crippen molar-refractivity contribution in [3.63, 3.8) is 0 Å². The van der Waals surface area contributed by atoms with Gasteiger partial charge in [0.05, 0.1) is 26.2 Å². The van der Waals surface area contributed by atoms with Crippen molar-refractivity contribution < 1.29 is 19.0 Å². The second kappa shape index (κ2) is 9.24. The first kappa shape index (κ1) is 19.7. The van der Waals surface area contributed by atoms with Crippen molar-refractivity contribution in [1.82, 2.24) is 0 Å². The molecule has 0 atom stereocenters. The van der Waals surface area contributed by atoms with E-state index in [9.17, 15) is 4.79 Å². The average molecular weight is 394 g/mol. The van der Waals surface area contributed by atoms with Gasteiger partial charge < -0.3 is 14.2 Å². The molecule has 144 valence electrons. The van der Waals surface area contributed by atoms with Crippen LogP contribution < -0.4 is 14.2 Å². The Morgan fingerprint density at radius 3 is 2.25 bits per heavy atom. The van der Waals surface area contributed by atoms with Gasteiger partial charge in [0.25, 0.3) is 0 Å². The highest BCUT2D eigenvalue weighted by Crippen LogP contribution is 2.35. The molecule has 0 bridgehead atoms. The summed E-state index contributed by atoms with van der Waals surface area (Å²) in [5.41, 5.74) is 1.98. The van der Waals surface area contributed by atoms with E-state index < -0.39 is 0 Å². The van der Waals surface area contributed by atoms with E-state index in [1.165, 1.54) is 16.9 Å². The normalized spacial score (nSPS) is 10.8. The third-order valence-corrected chi connectivity index (χ3v) is 5.38. The van der Waals surface area contributed by atoms with Crippen molar-refractivity contribution in [3.8, 4) is 17.2 Å². The fourth-order valence-corrected chi connectivity index (χ4v) is 3.80. The summed E-state index contributed by atoms with van der Waals surface area (Å²) in [5, 5.41) is 0. The largest absolute Gasteiger partial charge is 0.496 e. The molecule has 0 fully saturated rings. The molecular weight excluding hydrogens is 372 g/mol. The standard InChI is InChI=1S/C23H22O4S/c1-25-20-15-22(27-3)21(26-2)14-17(20)9-11-19(24)23-12-10-18(28-23)13-16-7-5-4-6-8-16/h4-12,14-15H,13H2,1-3H3/b11-9+. The molecule has 0 saturated heterocycles. The molecule has 0 amide bonds. The van der Waals surface area contributed by atoms with Crippen molar-refractivity contribution in [2.24, 2.45) is 0 Å². The zero-order chi connectivity index (χ0) is 19.9. The average Bonchev–Trinajstić information content (AvgIpc) is 3.20. The number of carbonyl (C=O) groups is 1. The van der Waals surface area contributed by atoms with E-state index in [0.717, 1.165) is 16.9 Å². The van der Waals surface area contributed by atoms with Crippen LogP contribution in [0.2, 0.25) is 0 Å². The molecule has 0 spiro atoms. The second-order valence-electron chi connectivity index (χ2n) is 6.08. The molecular formula is C23H22O4S. The lowest BCUT2D eigenvalue weighted by Crippen LogP contribution is -1.95. The molecule has 3 rings (SSSR count). The van der Waals surface area contributed by atoms with Gasteiger partial charge in [-0.25, -0.2) is 0 Å². The molecule has 2 aromatic carbocycles. The zero-order valence-electron chi connectivity index (χ0n) is 16.1. The van der Waals surface area contributed by atoms with Crippen LogP contribution in [0.3, 0.4) is 0 Å². The summed E-state index contributed by atoms with van der Waals surface area (Å²) in [5.74, 6) is 1.72. The second-order valence-corrected chi connectivity index (χ2v) is 7.24. The molecule has 0 radical (unpaired) electrons. The van der Waals surface area contributed by atoms with Crippen LogP contribution in [0.15, 0.2) is 60.7 Å². The molecule has 4 nitrogen and oxygen atoms in total. The Morgan fingerprint density at radius 1 is 0.893 bits per heavy atom. The first-order chi connectivity index (χ1) is 13.6. The summed E-state index contributed by atoms with van der Waals surface area (Å²) in [6.07, 6.45) is 4.12. The van der Waals surface area contributed by atoms with E-state index >= 15 is 0 Å². The number of carbonyl (C=O) groups excluding carboxylic acids is 1. The molecule has 5 heteroatoms. The number of benzene rings is 2. The number of rotatable bonds is 8. The lowest BCUT2D eigenvalue weighted by molar-refractivity contribution is 0.105. The fraction of sp³-hybridized carbons (Fsp3) is 0.174. The molecule has 0 aliphatic carbocycles. The third-order valence-electron chi connectivity index (χ3n) is 4.28. The van der Waals surface area contributed by atoms with Crippen molar-refractivity contribution in [3.05, 3.63) is 81.6 Å². The fourth-order valence-electron chi connectivity index (χ4n) is 2.83. The van der Waals surface area contributed by atoms with Crippen LogP contribution in [0.4, 0.5) is 0 Å². The summed E-state index contributed by atoms with van der Waals surface area (Å²) in [6, 6.07) is 17.6. The maximum atomic E-state index is 12.6. The lowest BCUT2D eigenvalue weighted by atomic mass is 10.1. The predicted molar refractivity (Wildman–Crippen MR) is 113 cm³/mol. The molecule has 3 aromatic rings. The van der Waals surface area contributed by atoms with Gasteiger partial charge in [-0.3, -0.25) is 4.79 Å². The maximum Gasteiger partial charge on any atom is 0.195 e. The Labute approximate surface area is 169 Å². The van der Waals surface area contributed by atoms with Crippen LogP contribution in [-0.4, -0.2) is 27.1 Å². The third kappa shape index (κ3) is 4.61. The Hall–Kier alpha value is -3.05. The minimum Gasteiger partial charge on any atom is -0.496 e. The quantitative estimate of drug-likeness (QED) is 0.386. The van der Waals surface area contributed by atoms with Gasteiger partial charge in [-0.2, -0.15) is 0 Å². The summed E-state index contributed by atoms with van der Waals surface area (Å²) < 4.78 is 16.0. The number of ketones is 1. The zero-order valence-corrected chi connectivity index (χ0v) is 16.9. The summed E-state index contributed by atoms with van der Waals surface area (Å²) in [7, 11) is 4.72. The van der Waals surface area contributed by atoms with E-state index in [0.29, 0.717) is 22.1 Å². The summed E-state index contributed by atoms with van der Waals surface area (Å²) in [4.78, 5) is 14.5. The highest BCUT2D eigenvalue weighted by atomic mass is 32.1. The van der Waals surface area contributed by atoms with Gasteiger partial charge >= 0.3 is 0 Å². The molecule has 1 heterocycles. The number of ether oxygens (including phenoxy) is 3. The van der Waals surface area contributed by atoms with E-state index in [1.54, 1.807) is 45.6 Å². The van der Waals surface area contributed by atoms with E-state index in [1.807, 2.05) is 30.3 Å². The van der Waals surface area contributed by atoms with Crippen molar-refractivity contribution >= 4 is 23.2 Å². The SMILES string of the molecule is COc1cc(OC)c(OC)cc1/C=C/C(=O)c1ccc(Cc2ccccc2)s1. The van der Waals surface area contributed by atoms with Crippen LogP contribution in [0.5, 0.6) is 17.2 Å². The van der Waals surface area contributed by atoms with Gasteiger partial charge in [-0.1, -0.05) is 30.3 Å². The lowest BCUT2D eigenvalue weighted by Gasteiger charge is -2.12. The van der Waals surface area contributed by atoms with Crippen LogP contribution in [0, 0.1) is 0 Å². The summed E-state index contributed by atoms with van der Waals surface area (Å²) in [6.45, 7) is 0. The number of hydrogen-bond donors (Lipinski definition) is 0. The Morgan fingerprint density at radius 2 is 1.57 bits per heavy atom. The number of thiophene rings is 1. The molecule has 0 unspecified atom stereocenters. The van der Waals surface area contributed by atoms with E-state index in [2.05, 4.69) is 12.1 Å². The monoisotopic (exact) mass is 394 g/mol.